The number of rotatable bonds is 8. The number of aliphatic hydroxyl groups is 1. The largest absolute Gasteiger partial charge is 0.485 e. The van der Waals surface area contributed by atoms with Gasteiger partial charge in [-0.1, -0.05) is 44.2 Å². The van der Waals surface area contributed by atoms with E-state index in [1.165, 1.54) is 23.5 Å². The highest BCUT2D eigenvalue weighted by Crippen LogP contribution is 2.35. The van der Waals surface area contributed by atoms with Crippen LogP contribution in [-0.4, -0.2) is 22.3 Å². The van der Waals surface area contributed by atoms with Crippen LogP contribution in [0.15, 0.2) is 48.5 Å². The highest BCUT2D eigenvalue weighted by molar-refractivity contribution is 7.15. The van der Waals surface area contributed by atoms with Crippen LogP contribution in [0.3, 0.4) is 0 Å². The van der Waals surface area contributed by atoms with Gasteiger partial charge in [0.05, 0.1) is 17.9 Å². The number of hydrogen-bond donors (Lipinski definition) is 1. The van der Waals surface area contributed by atoms with E-state index in [9.17, 15) is 18.3 Å². The van der Waals surface area contributed by atoms with Crippen LogP contribution in [0.2, 0.25) is 0 Å². The van der Waals surface area contributed by atoms with Gasteiger partial charge in [0.15, 0.2) is 0 Å². The van der Waals surface area contributed by atoms with Crippen molar-refractivity contribution in [3.8, 4) is 16.3 Å². The Hall–Kier alpha value is -2.64. The molecule has 0 aliphatic rings. The molecular formula is C27H30F3NO2S. The number of aliphatic hydroxyl groups excluding tert-OH is 1. The van der Waals surface area contributed by atoms with Crippen LogP contribution in [0.1, 0.15) is 60.9 Å². The molecule has 0 atom stereocenters. The number of halogens is 3. The van der Waals surface area contributed by atoms with E-state index in [-0.39, 0.29) is 12.5 Å². The topological polar surface area (TPSA) is 42.4 Å². The number of alkyl halides is 3. The molecular weight excluding hydrogens is 459 g/mol. The van der Waals surface area contributed by atoms with E-state index < -0.39 is 17.3 Å². The van der Waals surface area contributed by atoms with E-state index in [1.54, 1.807) is 0 Å². The molecule has 0 spiro atoms. The second kappa shape index (κ2) is 10.3. The Labute approximate surface area is 202 Å². The van der Waals surface area contributed by atoms with Gasteiger partial charge in [-0.25, -0.2) is 4.98 Å². The molecule has 0 saturated carbocycles. The maximum Gasteiger partial charge on any atom is 0.416 e. The maximum atomic E-state index is 12.9. The predicted octanol–water partition coefficient (Wildman–Crippen LogP) is 7.67. The minimum absolute atomic E-state index is 0.0738. The van der Waals surface area contributed by atoms with Crippen LogP contribution < -0.4 is 4.74 Å². The summed E-state index contributed by atoms with van der Waals surface area (Å²) in [4.78, 5) is 5.83. The van der Waals surface area contributed by atoms with Crippen molar-refractivity contribution >= 4 is 17.4 Å². The normalized spacial score (nSPS) is 12.6. The summed E-state index contributed by atoms with van der Waals surface area (Å²) in [5, 5.41) is 10.1. The minimum atomic E-state index is -4.35. The molecule has 1 aromatic heterocycles. The van der Waals surface area contributed by atoms with E-state index in [4.69, 9.17) is 9.72 Å². The van der Waals surface area contributed by atoms with E-state index in [2.05, 4.69) is 19.9 Å². The summed E-state index contributed by atoms with van der Waals surface area (Å²) in [5.74, 6) is 0.943. The molecule has 0 saturated heterocycles. The molecule has 182 valence electrons. The molecule has 3 aromatic rings. The minimum Gasteiger partial charge on any atom is -0.485 e. The first-order chi connectivity index (χ1) is 15.9. The third-order valence-corrected chi connectivity index (χ3v) is 6.46. The summed E-state index contributed by atoms with van der Waals surface area (Å²) in [6, 6.07) is 11.1. The monoisotopic (exact) mass is 489 g/mol. The molecule has 0 unspecified atom stereocenters. The van der Waals surface area contributed by atoms with Gasteiger partial charge in [-0.3, -0.25) is 0 Å². The number of benzene rings is 2. The Kier molecular flexibility index (Phi) is 7.88. The zero-order valence-corrected chi connectivity index (χ0v) is 20.8. The lowest BCUT2D eigenvalue weighted by Crippen LogP contribution is -2.32. The Balaban J connectivity index is 1.77. The van der Waals surface area contributed by atoms with Crippen LogP contribution in [-0.2, 0) is 12.6 Å². The average molecular weight is 490 g/mol. The number of ether oxygens (including phenoxy) is 1. The molecule has 1 N–H and O–H groups in total. The Bertz CT molecular complexity index is 1150. The van der Waals surface area contributed by atoms with Crippen molar-refractivity contribution in [2.45, 2.75) is 58.7 Å². The lowest BCUT2D eigenvalue weighted by atomic mass is 10.1. The molecule has 0 radical (unpaired) electrons. The van der Waals surface area contributed by atoms with Gasteiger partial charge in [-0.15, -0.1) is 11.3 Å². The van der Waals surface area contributed by atoms with Crippen LogP contribution in [0.25, 0.3) is 16.6 Å². The molecule has 1 heterocycles. The van der Waals surface area contributed by atoms with Crippen molar-refractivity contribution in [2.24, 2.45) is 0 Å². The van der Waals surface area contributed by atoms with Crippen LogP contribution in [0, 0.1) is 6.92 Å². The molecule has 0 bridgehead atoms. The van der Waals surface area contributed by atoms with E-state index in [0.29, 0.717) is 12.0 Å². The third kappa shape index (κ3) is 6.48. The van der Waals surface area contributed by atoms with Crippen molar-refractivity contribution in [3.63, 3.8) is 0 Å². The molecule has 34 heavy (non-hydrogen) atoms. The van der Waals surface area contributed by atoms with E-state index in [0.717, 1.165) is 44.6 Å². The van der Waals surface area contributed by atoms with Gasteiger partial charge < -0.3 is 9.84 Å². The predicted molar refractivity (Wildman–Crippen MR) is 132 cm³/mol. The highest BCUT2D eigenvalue weighted by atomic mass is 32.1. The fourth-order valence-corrected chi connectivity index (χ4v) is 4.61. The Morgan fingerprint density at radius 2 is 1.76 bits per heavy atom. The SMILES string of the molecule is Cc1cc(C=CCc2sc(-c3ccc(C(F)(F)F)cc3)nc2C(C)C)ccc1OC(C)(C)CO. The zero-order valence-electron chi connectivity index (χ0n) is 20.0. The fraction of sp³-hybridized carbons (Fsp3) is 0.370. The first-order valence-electron chi connectivity index (χ1n) is 11.1. The van der Waals surface area contributed by atoms with Crippen molar-refractivity contribution in [1.82, 2.24) is 4.98 Å². The number of thiazole rings is 1. The second-order valence-corrected chi connectivity index (χ2v) is 10.3. The quantitative estimate of drug-likeness (QED) is 0.353. The summed E-state index contributed by atoms with van der Waals surface area (Å²) >= 11 is 1.52. The standard InChI is InChI=1S/C27H30F3NO2S/c1-17(2)24-23(34-25(31-24)20-10-12-21(13-11-20)27(28,29)30)8-6-7-19-9-14-22(18(3)15-19)33-26(4,5)16-32/h6-7,9-15,17,32H,8,16H2,1-5H3. The highest BCUT2D eigenvalue weighted by Gasteiger charge is 2.30. The van der Waals surface area contributed by atoms with Crippen LogP contribution >= 0.6 is 11.3 Å². The molecule has 3 nitrogen and oxygen atoms in total. The number of aromatic nitrogens is 1. The molecule has 3 rings (SSSR count). The van der Waals surface area contributed by atoms with Crippen LogP contribution in [0.4, 0.5) is 13.2 Å². The zero-order chi connectivity index (χ0) is 25.1. The summed E-state index contributed by atoms with van der Waals surface area (Å²) in [6.45, 7) is 9.69. The molecule has 0 amide bonds. The second-order valence-electron chi connectivity index (χ2n) is 9.21. The summed E-state index contributed by atoms with van der Waals surface area (Å²) < 4.78 is 44.5. The molecule has 7 heteroatoms. The first kappa shape index (κ1) is 26.0. The van der Waals surface area contributed by atoms with Gasteiger partial charge in [-0.05, 0) is 62.1 Å². The molecule has 2 aromatic carbocycles. The summed E-state index contributed by atoms with van der Waals surface area (Å²) in [5.41, 5.74) is 2.36. The number of aryl methyl sites for hydroxylation is 1. The van der Waals surface area contributed by atoms with Gasteiger partial charge in [0.2, 0.25) is 0 Å². The van der Waals surface area contributed by atoms with Gasteiger partial charge in [0, 0.05) is 16.9 Å². The lowest BCUT2D eigenvalue weighted by molar-refractivity contribution is -0.137. The lowest BCUT2D eigenvalue weighted by Gasteiger charge is -2.25. The molecule has 0 fully saturated rings. The fourth-order valence-electron chi connectivity index (χ4n) is 3.41. The average Bonchev–Trinajstić information content (AvgIpc) is 3.19. The van der Waals surface area contributed by atoms with Crippen molar-refractivity contribution < 1.29 is 23.0 Å². The Morgan fingerprint density at radius 1 is 1.09 bits per heavy atom. The maximum absolute atomic E-state index is 12.9. The van der Waals surface area contributed by atoms with Crippen molar-refractivity contribution in [1.29, 1.82) is 0 Å². The molecule has 0 aliphatic carbocycles. The summed E-state index contributed by atoms with van der Waals surface area (Å²) in [6.07, 6.45) is 0.442. The Morgan fingerprint density at radius 3 is 2.32 bits per heavy atom. The number of hydrogen-bond acceptors (Lipinski definition) is 4. The van der Waals surface area contributed by atoms with Gasteiger partial charge >= 0.3 is 6.18 Å². The summed E-state index contributed by atoms with van der Waals surface area (Å²) in [7, 11) is 0. The van der Waals surface area contributed by atoms with E-state index in [1.807, 2.05) is 45.0 Å². The van der Waals surface area contributed by atoms with Gasteiger partial charge in [0.25, 0.3) is 0 Å². The first-order valence-corrected chi connectivity index (χ1v) is 12.0. The van der Waals surface area contributed by atoms with Gasteiger partial charge in [0.1, 0.15) is 16.4 Å². The molecule has 0 aliphatic heterocycles. The van der Waals surface area contributed by atoms with Crippen molar-refractivity contribution in [2.75, 3.05) is 6.61 Å². The third-order valence-electron chi connectivity index (χ3n) is 5.31. The number of nitrogens with zero attached hydrogens (tertiary/aromatic N) is 1. The van der Waals surface area contributed by atoms with Gasteiger partial charge in [-0.2, -0.15) is 13.2 Å². The smallest absolute Gasteiger partial charge is 0.416 e. The van der Waals surface area contributed by atoms with Crippen molar-refractivity contribution in [3.05, 3.63) is 75.8 Å². The van der Waals surface area contributed by atoms with E-state index >= 15 is 0 Å². The van der Waals surface area contributed by atoms with Crippen LogP contribution in [0.5, 0.6) is 5.75 Å². The number of allylic oxidation sites excluding steroid dienone is 1.